The van der Waals surface area contributed by atoms with Gasteiger partial charge in [-0.05, 0) is 132 Å². The zero-order chi connectivity index (χ0) is 54.3. The molecule has 3 N–H and O–H groups in total. The van der Waals surface area contributed by atoms with Gasteiger partial charge in [0.05, 0.1) is 55.7 Å². The lowest BCUT2D eigenvalue weighted by molar-refractivity contribution is 0.103. The quantitative estimate of drug-likeness (QED) is 0.0508. The second-order valence-corrected chi connectivity index (χ2v) is 21.3. The van der Waals surface area contributed by atoms with E-state index in [1.807, 2.05) is 66.2 Å². The molecule has 13 nitrogen and oxygen atoms in total. The lowest BCUT2D eigenvalue weighted by atomic mass is 9.80. The van der Waals surface area contributed by atoms with Crippen molar-refractivity contribution in [1.29, 1.82) is 0 Å². The van der Waals surface area contributed by atoms with Crippen LogP contribution in [0.15, 0.2) is 168 Å². The van der Waals surface area contributed by atoms with E-state index in [4.69, 9.17) is 70.7 Å². The van der Waals surface area contributed by atoms with E-state index in [9.17, 15) is 18.9 Å². The number of aryl methyl sites for hydroxylation is 2. The van der Waals surface area contributed by atoms with Crippen LogP contribution in [0.5, 0.6) is 11.5 Å². The molecule has 0 aliphatic carbocycles. The number of ether oxygens (including phenoxy) is 2. The number of H-pyrrole nitrogens is 1. The van der Waals surface area contributed by atoms with Crippen LogP contribution in [0.25, 0.3) is 44.1 Å². The zero-order valence-corrected chi connectivity index (χ0v) is 45.9. The molecule has 9 rings (SSSR count). The van der Waals surface area contributed by atoms with Gasteiger partial charge in [-0.1, -0.05) is 95.0 Å². The summed E-state index contributed by atoms with van der Waals surface area (Å²) in [6, 6.07) is 38.9. The number of aromatic amines is 1. The molecular weight excluding hydrogens is 1070 g/mol. The average Bonchev–Trinajstić information content (AvgIpc) is 3.89. The second-order valence-electron chi connectivity index (χ2n) is 17.4. The minimum atomic E-state index is -3.26. The Balaban J connectivity index is 0.000000225. The van der Waals surface area contributed by atoms with Gasteiger partial charge in [-0.15, -0.1) is 0 Å². The number of imidazole rings is 1. The summed E-state index contributed by atoms with van der Waals surface area (Å²) >= 11 is 24.8. The van der Waals surface area contributed by atoms with Crippen molar-refractivity contribution >= 4 is 81.6 Å². The van der Waals surface area contributed by atoms with Crippen LogP contribution in [-0.4, -0.2) is 58.0 Å². The minimum Gasteiger partial charge on any atom is -0.495 e. The lowest BCUT2D eigenvalue weighted by Gasteiger charge is -2.32. The van der Waals surface area contributed by atoms with Crippen LogP contribution in [0.2, 0.25) is 20.1 Å². The minimum absolute atomic E-state index is 0.0964. The third kappa shape index (κ3) is 12.1. The Morgan fingerprint density at radius 1 is 0.711 bits per heavy atom. The van der Waals surface area contributed by atoms with Crippen molar-refractivity contribution < 1.29 is 27.9 Å². The molecule has 3 heterocycles. The number of ketones is 1. The first-order chi connectivity index (χ1) is 36.5. The van der Waals surface area contributed by atoms with Crippen LogP contribution < -0.4 is 26.3 Å². The van der Waals surface area contributed by atoms with Crippen molar-refractivity contribution in [2.75, 3.05) is 33.1 Å². The standard InChI is InChI=1S/C35H37Cl2N4O5P.C23H15Cl2NO3/c1-5-45-47(43,46-6-2)17-8-7-16-44-31-20-26(35(38,32-22-39-23-40(32)3)25-12-14-27(36)15-13-25)19-30-29(21-33(42)41(4)34(30)31)24-10-9-11-28(37)18-24;1-29-20-11-15(23(28)13-5-7-16(24)8-6-13)10-19-18(12-21(27)26-22(19)20)14-3-2-4-17(25)9-14/h7-15,18-23H,5-6,16-17,38H2,1-4H3;2-12H,1H3,(H,26,27)/b8-7+;/t35-;/m1./s1. The summed E-state index contributed by atoms with van der Waals surface area (Å²) in [5.41, 5.74) is 12.8. The molecule has 18 heteroatoms. The molecule has 1 atom stereocenters. The van der Waals surface area contributed by atoms with E-state index < -0.39 is 13.1 Å². The summed E-state index contributed by atoms with van der Waals surface area (Å²) in [7, 11) is 1.81. The van der Waals surface area contributed by atoms with Gasteiger partial charge in [0.1, 0.15) is 23.6 Å². The number of hydrogen-bond donors (Lipinski definition) is 2. The number of carbonyl (C=O) groups is 1. The van der Waals surface area contributed by atoms with E-state index in [0.717, 1.165) is 27.8 Å². The maximum absolute atomic E-state index is 13.4. The molecule has 0 saturated carbocycles. The highest BCUT2D eigenvalue weighted by molar-refractivity contribution is 7.54. The first-order valence-electron chi connectivity index (χ1n) is 23.9. The molecule has 0 aliphatic heterocycles. The van der Waals surface area contributed by atoms with Crippen LogP contribution >= 0.6 is 54.0 Å². The van der Waals surface area contributed by atoms with Crippen molar-refractivity contribution in [1.82, 2.24) is 19.1 Å². The van der Waals surface area contributed by atoms with Crippen molar-refractivity contribution in [2.45, 2.75) is 19.4 Å². The Hall–Kier alpha value is -6.77. The fourth-order valence-corrected chi connectivity index (χ4v) is 11.0. The van der Waals surface area contributed by atoms with Crippen molar-refractivity contribution in [3.63, 3.8) is 0 Å². The highest BCUT2D eigenvalue weighted by atomic mass is 35.5. The smallest absolute Gasteiger partial charge is 0.334 e. The van der Waals surface area contributed by atoms with E-state index in [1.165, 1.54) is 13.2 Å². The van der Waals surface area contributed by atoms with Gasteiger partial charge in [-0.2, -0.15) is 0 Å². The topological polar surface area (TPSA) is 170 Å². The van der Waals surface area contributed by atoms with Gasteiger partial charge in [-0.25, -0.2) is 4.98 Å². The molecule has 0 unspecified atom stereocenters. The summed E-state index contributed by atoms with van der Waals surface area (Å²) in [5, 5.41) is 3.63. The van der Waals surface area contributed by atoms with Crippen molar-refractivity contribution in [3.8, 4) is 33.8 Å². The lowest BCUT2D eigenvalue weighted by Crippen LogP contribution is -2.41. The molecule has 0 spiro atoms. The highest BCUT2D eigenvalue weighted by Crippen LogP contribution is 2.48. The number of fused-ring (bicyclic) bond motifs is 2. The predicted molar refractivity (Wildman–Crippen MR) is 305 cm³/mol. The average molecular weight is 1120 g/mol. The Kier molecular flexibility index (Phi) is 17.6. The molecule has 9 aromatic rings. The summed E-state index contributed by atoms with van der Waals surface area (Å²) < 4.78 is 39.0. The number of aromatic nitrogens is 4. The maximum atomic E-state index is 13.4. The van der Waals surface area contributed by atoms with Crippen LogP contribution in [0, 0.1) is 0 Å². The molecule has 0 bridgehead atoms. The van der Waals surface area contributed by atoms with Gasteiger partial charge >= 0.3 is 7.60 Å². The van der Waals surface area contributed by atoms with Gasteiger partial charge in [0, 0.05) is 68.2 Å². The number of methoxy groups -OCH3 is 1. The van der Waals surface area contributed by atoms with Gasteiger partial charge in [-0.3, -0.25) is 18.9 Å². The fraction of sp³-hybridized carbons (Fsp3) is 0.172. The number of nitrogens with two attached hydrogens (primary N) is 1. The molecule has 0 amide bonds. The number of rotatable bonds is 17. The molecule has 390 valence electrons. The summed E-state index contributed by atoms with van der Waals surface area (Å²) in [6.07, 6.45) is 6.98. The van der Waals surface area contributed by atoms with E-state index in [2.05, 4.69) is 9.97 Å². The Morgan fingerprint density at radius 3 is 1.91 bits per heavy atom. The number of carbonyl (C=O) groups excluding carboxylic acids is 1. The van der Waals surface area contributed by atoms with Crippen LogP contribution in [-0.2, 0) is 33.2 Å². The molecule has 0 fully saturated rings. The number of allylic oxidation sites excluding steroid dienone is 1. The molecule has 0 aliphatic rings. The van der Waals surface area contributed by atoms with E-state index in [0.29, 0.717) is 75.8 Å². The molecule has 0 radical (unpaired) electrons. The Bertz CT molecular complexity index is 3790. The van der Waals surface area contributed by atoms with Crippen LogP contribution in [0.4, 0.5) is 0 Å². The van der Waals surface area contributed by atoms with Gasteiger partial charge < -0.3 is 38.4 Å². The van der Waals surface area contributed by atoms with Gasteiger partial charge in [0.15, 0.2) is 5.78 Å². The number of pyridine rings is 2. The summed E-state index contributed by atoms with van der Waals surface area (Å²) in [5.74, 6) is 0.653. The monoisotopic (exact) mass is 1120 g/mol. The SMILES string of the molecule is CCOP(=O)(C/C=C/COc1cc([C@](N)(c2ccc(Cl)cc2)c2cncn2C)cc2c(-c3cccc(Cl)c3)cc(=O)n(C)c12)OCC.COc1cc(C(=O)c2ccc(Cl)cc2)cc2c(-c3cccc(Cl)c3)cc(=O)[nH]c12. The first-order valence-corrected chi connectivity index (χ1v) is 27.1. The zero-order valence-electron chi connectivity index (χ0n) is 42.0. The predicted octanol–water partition coefficient (Wildman–Crippen LogP) is 13.4. The number of nitrogens with one attached hydrogen (secondary N) is 1. The largest absolute Gasteiger partial charge is 0.495 e. The highest BCUT2D eigenvalue weighted by Gasteiger charge is 2.36. The molecule has 6 aromatic carbocycles. The molecule has 76 heavy (non-hydrogen) atoms. The van der Waals surface area contributed by atoms with E-state index in [1.54, 1.807) is 123 Å². The Morgan fingerprint density at radius 2 is 1.33 bits per heavy atom. The summed E-state index contributed by atoms with van der Waals surface area (Å²) in [4.78, 5) is 45.9. The van der Waals surface area contributed by atoms with Crippen LogP contribution in [0.1, 0.15) is 46.6 Å². The molecule has 3 aromatic heterocycles. The van der Waals surface area contributed by atoms with Crippen molar-refractivity contribution in [3.05, 3.63) is 227 Å². The molecular formula is C58H52Cl4N5O8P. The van der Waals surface area contributed by atoms with E-state index >= 15 is 0 Å². The Labute approximate surface area is 458 Å². The summed E-state index contributed by atoms with van der Waals surface area (Å²) in [6.45, 7) is 4.19. The number of halogens is 4. The number of nitrogens with zero attached hydrogens (tertiary/aromatic N) is 3. The normalized spacial score (nSPS) is 12.4. The third-order valence-corrected chi connectivity index (χ3v) is 15.5. The van der Waals surface area contributed by atoms with E-state index in [-0.39, 0.29) is 42.9 Å². The first kappa shape index (κ1) is 55.5. The van der Waals surface area contributed by atoms with Gasteiger partial charge in [0.25, 0.3) is 5.56 Å². The number of benzene rings is 6. The maximum Gasteiger partial charge on any atom is 0.334 e. The number of hydrogen-bond acceptors (Lipinski definition) is 10. The molecule has 0 saturated heterocycles. The second kappa shape index (κ2) is 24.1. The van der Waals surface area contributed by atoms with Crippen molar-refractivity contribution in [2.24, 2.45) is 19.8 Å². The van der Waals surface area contributed by atoms with Crippen LogP contribution in [0.3, 0.4) is 0 Å². The third-order valence-electron chi connectivity index (χ3n) is 12.5. The van der Waals surface area contributed by atoms with Gasteiger partial charge in [0.2, 0.25) is 5.56 Å². The fourth-order valence-electron chi connectivity index (χ4n) is 8.94.